The lowest BCUT2D eigenvalue weighted by atomic mass is 9.93. The number of para-hydroxylation sites is 1. The molecule has 1 fully saturated rings. The Morgan fingerprint density at radius 2 is 1.38 bits per heavy atom. The minimum atomic E-state index is -0.0757. The van der Waals surface area contributed by atoms with Gasteiger partial charge in [-0.15, -0.1) is 0 Å². The molecule has 0 atom stereocenters. The number of nitrogens with one attached hydrogen (secondary N) is 1. The van der Waals surface area contributed by atoms with Gasteiger partial charge in [-0.05, 0) is 23.0 Å². The fourth-order valence-corrected chi connectivity index (χ4v) is 3.11. The molecule has 0 bridgehead atoms. The number of amides is 3. The molecule has 1 aromatic rings. The van der Waals surface area contributed by atoms with Crippen molar-refractivity contribution in [1.82, 2.24) is 9.80 Å². The zero-order chi connectivity index (χ0) is 17.9. The molecule has 5 nitrogen and oxygen atoms in total. The van der Waals surface area contributed by atoms with Crippen LogP contribution in [0.4, 0.5) is 10.5 Å². The van der Waals surface area contributed by atoms with E-state index in [2.05, 4.69) is 51.2 Å². The van der Waals surface area contributed by atoms with E-state index < -0.39 is 0 Å². The summed E-state index contributed by atoms with van der Waals surface area (Å²) >= 11 is 0. The van der Waals surface area contributed by atoms with Crippen molar-refractivity contribution < 1.29 is 9.59 Å². The third kappa shape index (κ3) is 4.08. The predicted octanol–water partition coefficient (Wildman–Crippen LogP) is 3.63. The number of hydrogen-bond acceptors (Lipinski definition) is 2. The lowest BCUT2D eigenvalue weighted by Gasteiger charge is -2.34. The Morgan fingerprint density at radius 1 is 0.917 bits per heavy atom. The van der Waals surface area contributed by atoms with E-state index in [1.807, 2.05) is 0 Å². The molecule has 0 spiro atoms. The minimum Gasteiger partial charge on any atom is -0.339 e. The van der Waals surface area contributed by atoms with Crippen LogP contribution in [0.3, 0.4) is 0 Å². The molecule has 0 saturated carbocycles. The summed E-state index contributed by atoms with van der Waals surface area (Å²) in [5.74, 6) is 0.754. The number of anilines is 1. The zero-order valence-corrected chi connectivity index (χ0v) is 15.4. The molecule has 1 saturated heterocycles. The smallest absolute Gasteiger partial charge is 0.321 e. The molecule has 0 radical (unpaired) electrons. The van der Waals surface area contributed by atoms with E-state index in [9.17, 15) is 9.59 Å². The van der Waals surface area contributed by atoms with Crippen LogP contribution in [0.1, 0.15) is 57.6 Å². The fourth-order valence-electron chi connectivity index (χ4n) is 3.11. The van der Waals surface area contributed by atoms with Gasteiger partial charge in [-0.3, -0.25) is 4.79 Å². The van der Waals surface area contributed by atoms with Gasteiger partial charge in [0.05, 0.1) is 0 Å². The first-order valence-corrected chi connectivity index (χ1v) is 8.75. The van der Waals surface area contributed by atoms with Crippen molar-refractivity contribution in [1.29, 1.82) is 0 Å². The van der Waals surface area contributed by atoms with Gasteiger partial charge in [-0.2, -0.15) is 0 Å². The summed E-state index contributed by atoms with van der Waals surface area (Å²) in [6.07, 6.45) is 0. The van der Waals surface area contributed by atoms with Gasteiger partial charge in [0, 0.05) is 38.8 Å². The van der Waals surface area contributed by atoms with Crippen molar-refractivity contribution in [2.24, 2.45) is 0 Å². The number of benzene rings is 1. The average Bonchev–Trinajstić information content (AvgIpc) is 2.54. The molecule has 24 heavy (non-hydrogen) atoms. The highest BCUT2D eigenvalue weighted by Crippen LogP contribution is 2.32. The third-order valence-corrected chi connectivity index (χ3v) is 4.62. The first-order chi connectivity index (χ1) is 11.3. The van der Waals surface area contributed by atoms with Crippen LogP contribution in [0, 0.1) is 0 Å². The van der Waals surface area contributed by atoms with Gasteiger partial charge in [0.25, 0.3) is 0 Å². The highest BCUT2D eigenvalue weighted by Gasteiger charge is 2.24. The molecule has 0 unspecified atom stereocenters. The second kappa shape index (κ2) is 7.69. The number of piperazine rings is 1. The summed E-state index contributed by atoms with van der Waals surface area (Å²) in [6.45, 7) is 12.5. The van der Waals surface area contributed by atoms with Crippen molar-refractivity contribution in [3.8, 4) is 0 Å². The maximum Gasteiger partial charge on any atom is 0.321 e. The lowest BCUT2D eigenvalue weighted by molar-refractivity contribution is -0.130. The molecule has 1 heterocycles. The number of carbonyl (C=O) groups is 2. The number of carbonyl (C=O) groups excluding carboxylic acids is 2. The minimum absolute atomic E-state index is 0.0716. The molecule has 132 valence electrons. The maximum atomic E-state index is 12.7. The van der Waals surface area contributed by atoms with E-state index in [0.29, 0.717) is 38.0 Å². The van der Waals surface area contributed by atoms with Crippen LogP contribution in [-0.4, -0.2) is 47.9 Å². The number of urea groups is 1. The number of nitrogens with zero attached hydrogens (tertiary/aromatic N) is 2. The van der Waals surface area contributed by atoms with E-state index in [1.165, 1.54) is 0 Å². The van der Waals surface area contributed by atoms with Gasteiger partial charge in [0.2, 0.25) is 5.91 Å². The van der Waals surface area contributed by atoms with Crippen molar-refractivity contribution in [3.05, 3.63) is 29.3 Å². The summed E-state index contributed by atoms with van der Waals surface area (Å²) in [5.41, 5.74) is 3.27. The average molecular weight is 331 g/mol. The zero-order valence-electron chi connectivity index (χ0n) is 15.4. The molecule has 3 amide bonds. The highest BCUT2D eigenvalue weighted by atomic mass is 16.2. The molecular formula is C19H29N3O2. The second-order valence-corrected chi connectivity index (χ2v) is 7.04. The normalized spacial score (nSPS) is 15.1. The molecular weight excluding hydrogens is 302 g/mol. The van der Waals surface area contributed by atoms with Crippen LogP contribution in [0.5, 0.6) is 0 Å². The summed E-state index contributed by atoms with van der Waals surface area (Å²) in [7, 11) is 0. The maximum absolute atomic E-state index is 12.7. The Morgan fingerprint density at radius 3 is 1.79 bits per heavy atom. The van der Waals surface area contributed by atoms with Crippen LogP contribution in [-0.2, 0) is 4.79 Å². The lowest BCUT2D eigenvalue weighted by Crippen LogP contribution is -2.51. The molecule has 1 N–H and O–H groups in total. The van der Waals surface area contributed by atoms with E-state index in [-0.39, 0.29) is 11.9 Å². The quantitative estimate of drug-likeness (QED) is 0.919. The van der Waals surface area contributed by atoms with Gasteiger partial charge >= 0.3 is 6.03 Å². The SMILES string of the molecule is CC(=O)N1CCN(C(=O)Nc2c(C(C)C)cccc2C(C)C)CC1. The Labute approximate surface area is 145 Å². The first kappa shape index (κ1) is 18.3. The standard InChI is InChI=1S/C19H29N3O2/c1-13(2)16-7-6-8-17(14(3)4)18(16)20-19(24)22-11-9-21(10-12-22)15(5)23/h6-8,13-14H,9-12H2,1-5H3,(H,20,24). The van der Waals surface area contributed by atoms with Gasteiger partial charge < -0.3 is 15.1 Å². The summed E-state index contributed by atoms with van der Waals surface area (Å²) in [6, 6.07) is 6.15. The Hall–Kier alpha value is -2.04. The van der Waals surface area contributed by atoms with Crippen LogP contribution >= 0.6 is 0 Å². The fraction of sp³-hybridized carbons (Fsp3) is 0.579. The van der Waals surface area contributed by atoms with Crippen molar-refractivity contribution in [2.45, 2.75) is 46.5 Å². The summed E-state index contributed by atoms with van der Waals surface area (Å²) < 4.78 is 0. The van der Waals surface area contributed by atoms with Crippen LogP contribution in [0.2, 0.25) is 0 Å². The summed E-state index contributed by atoms with van der Waals surface area (Å²) in [4.78, 5) is 27.7. The predicted molar refractivity (Wildman–Crippen MR) is 97.5 cm³/mol. The molecule has 5 heteroatoms. The highest BCUT2D eigenvalue weighted by molar-refractivity contribution is 5.91. The number of rotatable bonds is 3. The van der Waals surface area contributed by atoms with Gasteiger partial charge in [0.1, 0.15) is 0 Å². The molecule has 1 aromatic carbocycles. The Balaban J connectivity index is 2.16. The van der Waals surface area contributed by atoms with Crippen LogP contribution in [0.15, 0.2) is 18.2 Å². The van der Waals surface area contributed by atoms with E-state index in [0.717, 1.165) is 16.8 Å². The first-order valence-electron chi connectivity index (χ1n) is 8.75. The van der Waals surface area contributed by atoms with Crippen molar-refractivity contribution in [2.75, 3.05) is 31.5 Å². The topological polar surface area (TPSA) is 52.7 Å². The third-order valence-electron chi connectivity index (χ3n) is 4.62. The Bertz CT molecular complexity index is 576. The van der Waals surface area contributed by atoms with E-state index in [4.69, 9.17) is 0 Å². The Kier molecular flexibility index (Phi) is 5.86. The van der Waals surface area contributed by atoms with Gasteiger partial charge in [-0.1, -0.05) is 45.9 Å². The van der Waals surface area contributed by atoms with Crippen LogP contribution < -0.4 is 5.32 Å². The molecule has 1 aliphatic heterocycles. The molecule has 2 rings (SSSR count). The number of hydrogen-bond donors (Lipinski definition) is 1. The summed E-state index contributed by atoms with van der Waals surface area (Å²) in [5, 5.41) is 3.14. The van der Waals surface area contributed by atoms with E-state index in [1.54, 1.807) is 16.7 Å². The largest absolute Gasteiger partial charge is 0.339 e. The van der Waals surface area contributed by atoms with Crippen molar-refractivity contribution >= 4 is 17.6 Å². The van der Waals surface area contributed by atoms with Gasteiger partial charge in [-0.25, -0.2) is 4.79 Å². The van der Waals surface area contributed by atoms with Gasteiger partial charge in [0.15, 0.2) is 0 Å². The molecule has 0 aliphatic carbocycles. The van der Waals surface area contributed by atoms with E-state index >= 15 is 0 Å². The molecule has 1 aliphatic rings. The van der Waals surface area contributed by atoms with Crippen LogP contribution in [0.25, 0.3) is 0 Å². The van der Waals surface area contributed by atoms with Crippen molar-refractivity contribution in [3.63, 3.8) is 0 Å². The second-order valence-electron chi connectivity index (χ2n) is 7.04. The monoisotopic (exact) mass is 331 g/mol. The molecule has 0 aromatic heterocycles.